The van der Waals surface area contributed by atoms with Gasteiger partial charge in [-0.15, -0.1) is 0 Å². The minimum atomic E-state index is -1.20. The van der Waals surface area contributed by atoms with Crippen LogP contribution in [0.1, 0.15) is 32.3 Å². The van der Waals surface area contributed by atoms with Crippen molar-refractivity contribution < 1.29 is 9.90 Å². The average molecular weight is 272 g/mol. The van der Waals surface area contributed by atoms with Crippen molar-refractivity contribution in [3.63, 3.8) is 0 Å². The molecule has 0 aliphatic carbocycles. The molecule has 4 nitrogen and oxygen atoms in total. The minimum Gasteiger partial charge on any atom is -0.477 e. The Morgan fingerprint density at radius 1 is 1.25 bits per heavy atom. The van der Waals surface area contributed by atoms with Crippen molar-refractivity contribution in [2.24, 2.45) is 0 Å². The zero-order chi connectivity index (χ0) is 15.0. The van der Waals surface area contributed by atoms with Gasteiger partial charge >= 0.3 is 5.97 Å². The van der Waals surface area contributed by atoms with Gasteiger partial charge in [-0.3, -0.25) is 0 Å². The van der Waals surface area contributed by atoms with Crippen molar-refractivity contribution in [1.82, 2.24) is 0 Å². The molecule has 20 heavy (non-hydrogen) atoms. The first-order valence-corrected chi connectivity index (χ1v) is 6.82. The van der Waals surface area contributed by atoms with E-state index >= 15 is 0 Å². The summed E-state index contributed by atoms with van der Waals surface area (Å²) in [6.45, 7) is 6.29. The van der Waals surface area contributed by atoms with Crippen LogP contribution in [0.5, 0.6) is 0 Å². The lowest BCUT2D eigenvalue weighted by Gasteiger charge is -2.23. The van der Waals surface area contributed by atoms with Crippen LogP contribution < -0.4 is 4.90 Å². The van der Waals surface area contributed by atoms with Crippen LogP contribution in [0, 0.1) is 11.3 Å². The molecule has 0 amide bonds. The summed E-state index contributed by atoms with van der Waals surface area (Å²) in [7, 11) is 0. The van der Waals surface area contributed by atoms with Crippen LogP contribution in [0.15, 0.2) is 29.8 Å². The molecule has 0 saturated carbocycles. The Labute approximate surface area is 119 Å². The highest BCUT2D eigenvalue weighted by Gasteiger charge is 2.07. The van der Waals surface area contributed by atoms with Gasteiger partial charge in [0.2, 0.25) is 0 Å². The molecule has 0 heterocycles. The van der Waals surface area contributed by atoms with Crippen molar-refractivity contribution in [2.45, 2.75) is 26.7 Å². The first kappa shape index (κ1) is 15.8. The van der Waals surface area contributed by atoms with Gasteiger partial charge in [0.15, 0.2) is 0 Å². The summed E-state index contributed by atoms with van der Waals surface area (Å²) in [5.41, 5.74) is 1.59. The zero-order valence-corrected chi connectivity index (χ0v) is 12.0. The van der Waals surface area contributed by atoms with E-state index in [1.165, 1.54) is 6.08 Å². The Morgan fingerprint density at radius 2 is 1.80 bits per heavy atom. The molecule has 0 radical (unpaired) electrons. The lowest BCUT2D eigenvalue weighted by Crippen LogP contribution is -2.24. The molecule has 0 unspecified atom stereocenters. The summed E-state index contributed by atoms with van der Waals surface area (Å²) in [4.78, 5) is 13.1. The third-order valence-corrected chi connectivity index (χ3v) is 2.91. The Hall–Kier alpha value is -2.28. The zero-order valence-electron chi connectivity index (χ0n) is 12.0. The summed E-state index contributed by atoms with van der Waals surface area (Å²) in [6.07, 6.45) is 3.55. The van der Waals surface area contributed by atoms with Crippen LogP contribution in [0.25, 0.3) is 6.08 Å². The predicted molar refractivity (Wildman–Crippen MR) is 80.5 cm³/mol. The van der Waals surface area contributed by atoms with Gasteiger partial charge in [-0.1, -0.05) is 26.0 Å². The number of anilines is 1. The number of rotatable bonds is 7. The Balaban J connectivity index is 2.93. The summed E-state index contributed by atoms with van der Waals surface area (Å²) >= 11 is 0. The second-order valence-corrected chi connectivity index (χ2v) is 4.55. The fourth-order valence-corrected chi connectivity index (χ4v) is 2.00. The number of carbonyl (C=O) groups is 1. The number of carboxylic acids is 1. The second kappa shape index (κ2) is 8.00. The highest BCUT2D eigenvalue weighted by atomic mass is 16.4. The quantitative estimate of drug-likeness (QED) is 0.611. The van der Waals surface area contributed by atoms with Gasteiger partial charge in [-0.25, -0.2) is 4.79 Å². The lowest BCUT2D eigenvalue weighted by atomic mass is 10.1. The summed E-state index contributed by atoms with van der Waals surface area (Å²) in [5.74, 6) is -1.20. The van der Waals surface area contributed by atoms with Crippen molar-refractivity contribution in [2.75, 3.05) is 18.0 Å². The largest absolute Gasteiger partial charge is 0.477 e. The Bertz CT molecular complexity index is 506. The van der Waals surface area contributed by atoms with Gasteiger partial charge < -0.3 is 10.0 Å². The summed E-state index contributed by atoms with van der Waals surface area (Å²) < 4.78 is 0. The molecule has 106 valence electrons. The highest BCUT2D eigenvalue weighted by molar-refractivity contribution is 5.96. The standard InChI is InChI=1S/C16H20N2O2/c1-3-9-18(10-4-2)15-7-5-13(6-8-15)11-14(12-17)16(19)20/h5-8,11H,3-4,9-10H2,1-2H3,(H,19,20). The van der Waals surface area contributed by atoms with Gasteiger partial charge in [-0.05, 0) is 36.6 Å². The molecule has 1 rings (SSSR count). The van der Waals surface area contributed by atoms with Gasteiger partial charge in [0, 0.05) is 18.8 Å². The van der Waals surface area contributed by atoms with E-state index in [1.54, 1.807) is 6.07 Å². The van der Waals surface area contributed by atoms with Crippen molar-refractivity contribution >= 4 is 17.7 Å². The number of nitrogens with zero attached hydrogens (tertiary/aromatic N) is 2. The summed E-state index contributed by atoms with van der Waals surface area (Å²) in [5, 5.41) is 17.6. The fraction of sp³-hybridized carbons (Fsp3) is 0.375. The van der Waals surface area contributed by atoms with E-state index in [2.05, 4.69) is 18.7 Å². The van der Waals surface area contributed by atoms with Crippen LogP contribution in [0.4, 0.5) is 5.69 Å². The maximum absolute atomic E-state index is 10.8. The predicted octanol–water partition coefficient (Wildman–Crippen LogP) is 3.30. The number of nitriles is 1. The van der Waals surface area contributed by atoms with Gasteiger partial charge in [0.1, 0.15) is 11.6 Å². The third-order valence-electron chi connectivity index (χ3n) is 2.91. The highest BCUT2D eigenvalue weighted by Crippen LogP contribution is 2.17. The maximum Gasteiger partial charge on any atom is 0.346 e. The van der Waals surface area contributed by atoms with Crippen LogP contribution in [-0.4, -0.2) is 24.2 Å². The molecule has 4 heteroatoms. The SMILES string of the molecule is CCCN(CCC)c1ccc(C=C(C#N)C(=O)O)cc1. The Kier molecular flexibility index (Phi) is 6.31. The Morgan fingerprint density at radius 3 is 2.20 bits per heavy atom. The molecule has 0 spiro atoms. The van der Waals surface area contributed by atoms with Gasteiger partial charge in [-0.2, -0.15) is 5.26 Å². The topological polar surface area (TPSA) is 64.3 Å². The molecule has 1 aromatic carbocycles. The smallest absolute Gasteiger partial charge is 0.346 e. The molecule has 0 atom stereocenters. The number of benzene rings is 1. The van der Waals surface area contributed by atoms with Crippen molar-refractivity contribution in [3.8, 4) is 6.07 Å². The van der Waals surface area contributed by atoms with Gasteiger partial charge in [0.05, 0.1) is 0 Å². The molecular weight excluding hydrogens is 252 g/mol. The molecule has 0 bridgehead atoms. The molecule has 0 aliphatic rings. The van der Waals surface area contributed by atoms with E-state index in [-0.39, 0.29) is 5.57 Å². The van der Waals surface area contributed by atoms with Crippen LogP contribution in [0.3, 0.4) is 0 Å². The normalized spacial score (nSPS) is 10.9. The molecule has 1 N–H and O–H groups in total. The number of hydrogen-bond acceptors (Lipinski definition) is 3. The first-order chi connectivity index (χ1) is 9.62. The van der Waals surface area contributed by atoms with E-state index in [0.717, 1.165) is 37.2 Å². The van der Waals surface area contributed by atoms with Crippen LogP contribution in [0.2, 0.25) is 0 Å². The average Bonchev–Trinajstić information content (AvgIpc) is 2.45. The van der Waals surface area contributed by atoms with E-state index in [1.807, 2.05) is 24.3 Å². The fourth-order valence-electron chi connectivity index (χ4n) is 2.00. The van der Waals surface area contributed by atoms with E-state index < -0.39 is 5.97 Å². The summed E-state index contributed by atoms with van der Waals surface area (Å²) in [6, 6.07) is 9.29. The van der Waals surface area contributed by atoms with E-state index in [4.69, 9.17) is 10.4 Å². The second-order valence-electron chi connectivity index (χ2n) is 4.55. The van der Waals surface area contributed by atoms with Crippen LogP contribution >= 0.6 is 0 Å². The van der Waals surface area contributed by atoms with E-state index in [9.17, 15) is 4.79 Å². The lowest BCUT2D eigenvalue weighted by molar-refractivity contribution is -0.132. The van der Waals surface area contributed by atoms with Gasteiger partial charge in [0.25, 0.3) is 0 Å². The molecule has 0 aliphatic heterocycles. The molecule has 0 fully saturated rings. The third kappa shape index (κ3) is 4.43. The van der Waals surface area contributed by atoms with E-state index in [0.29, 0.717) is 0 Å². The molecule has 0 aromatic heterocycles. The minimum absolute atomic E-state index is 0.253. The van der Waals surface area contributed by atoms with Crippen molar-refractivity contribution in [3.05, 3.63) is 35.4 Å². The first-order valence-electron chi connectivity index (χ1n) is 6.82. The maximum atomic E-state index is 10.8. The molecule has 1 aromatic rings. The monoisotopic (exact) mass is 272 g/mol. The molecular formula is C16H20N2O2. The van der Waals surface area contributed by atoms with Crippen molar-refractivity contribution in [1.29, 1.82) is 5.26 Å². The number of aliphatic carboxylic acids is 1. The van der Waals surface area contributed by atoms with Crippen LogP contribution in [-0.2, 0) is 4.79 Å². The molecule has 0 saturated heterocycles. The number of carboxylic acid groups (broad SMARTS) is 1. The number of hydrogen-bond donors (Lipinski definition) is 1.